The molecule has 0 atom stereocenters. The van der Waals surface area contributed by atoms with E-state index in [1.165, 1.54) is 0 Å². The number of amides is 3. The van der Waals surface area contributed by atoms with Crippen LogP contribution in [0.4, 0.5) is 16.2 Å². The van der Waals surface area contributed by atoms with E-state index < -0.39 is 0 Å². The second-order valence-corrected chi connectivity index (χ2v) is 8.14. The lowest BCUT2D eigenvalue weighted by Crippen LogP contribution is -2.49. The van der Waals surface area contributed by atoms with Crippen LogP contribution in [0.3, 0.4) is 0 Å². The lowest BCUT2D eigenvalue weighted by atomic mass is 10.1. The van der Waals surface area contributed by atoms with Gasteiger partial charge in [0.1, 0.15) is 5.75 Å². The third kappa shape index (κ3) is 5.54. The summed E-state index contributed by atoms with van der Waals surface area (Å²) in [6.45, 7) is 1.83. The van der Waals surface area contributed by atoms with Crippen molar-refractivity contribution in [3.05, 3.63) is 89.5 Å². The molecule has 34 heavy (non-hydrogen) atoms. The topological polar surface area (TPSA) is 85.7 Å². The summed E-state index contributed by atoms with van der Waals surface area (Å²) in [6.07, 6.45) is 1.11. The van der Waals surface area contributed by atoms with E-state index >= 15 is 0 Å². The first-order chi connectivity index (χ1) is 16.6. The molecule has 1 fully saturated rings. The van der Waals surface area contributed by atoms with Gasteiger partial charge < -0.3 is 15.0 Å². The first-order valence-electron chi connectivity index (χ1n) is 11.1. The average molecular weight is 455 g/mol. The second kappa shape index (κ2) is 10.5. The predicted octanol–water partition coefficient (Wildman–Crippen LogP) is 4.58. The van der Waals surface area contributed by atoms with Gasteiger partial charge in [0.25, 0.3) is 0 Å². The van der Waals surface area contributed by atoms with Gasteiger partial charge in [-0.25, -0.2) is 4.79 Å². The number of rotatable bonds is 7. The van der Waals surface area contributed by atoms with Gasteiger partial charge in [-0.3, -0.25) is 9.69 Å². The van der Waals surface area contributed by atoms with Crippen molar-refractivity contribution in [2.75, 3.05) is 30.4 Å². The minimum absolute atomic E-state index is 0.0505. The van der Waals surface area contributed by atoms with Crippen molar-refractivity contribution in [2.24, 2.45) is 0 Å². The number of urea groups is 1. The summed E-state index contributed by atoms with van der Waals surface area (Å²) in [5.74, 6) is 0.595. The molecule has 0 saturated carbocycles. The van der Waals surface area contributed by atoms with Crippen molar-refractivity contribution in [1.82, 2.24) is 4.90 Å². The molecule has 4 rings (SSSR count). The second-order valence-electron chi connectivity index (χ2n) is 8.14. The van der Waals surface area contributed by atoms with Gasteiger partial charge in [-0.05, 0) is 66.1 Å². The van der Waals surface area contributed by atoms with Gasteiger partial charge in [-0.2, -0.15) is 5.26 Å². The number of hydrogen-bond donors (Lipinski definition) is 1. The van der Waals surface area contributed by atoms with E-state index in [0.717, 1.165) is 23.2 Å². The van der Waals surface area contributed by atoms with E-state index in [4.69, 9.17) is 10.00 Å². The van der Waals surface area contributed by atoms with E-state index in [9.17, 15) is 9.59 Å². The highest BCUT2D eigenvalue weighted by Crippen LogP contribution is 2.24. The van der Waals surface area contributed by atoms with Crippen molar-refractivity contribution in [2.45, 2.75) is 19.4 Å². The van der Waals surface area contributed by atoms with Crippen LogP contribution in [0, 0.1) is 11.3 Å². The van der Waals surface area contributed by atoms with E-state index in [0.29, 0.717) is 36.6 Å². The summed E-state index contributed by atoms with van der Waals surface area (Å²) in [6, 6.07) is 24.1. The van der Waals surface area contributed by atoms with Gasteiger partial charge >= 0.3 is 6.03 Å². The molecule has 1 heterocycles. The van der Waals surface area contributed by atoms with Gasteiger partial charge in [-0.15, -0.1) is 0 Å². The van der Waals surface area contributed by atoms with Crippen LogP contribution < -0.4 is 15.0 Å². The Kier molecular flexibility index (Phi) is 7.09. The fraction of sp³-hybridized carbons (Fsp3) is 0.222. The molecule has 1 saturated heterocycles. The molecule has 3 aromatic carbocycles. The van der Waals surface area contributed by atoms with E-state index in [-0.39, 0.29) is 18.4 Å². The number of ether oxygens (including phenoxy) is 1. The Morgan fingerprint density at radius 3 is 2.50 bits per heavy atom. The number of nitriles is 1. The minimum Gasteiger partial charge on any atom is -0.497 e. The summed E-state index contributed by atoms with van der Waals surface area (Å²) in [5.41, 5.74) is 3.93. The van der Waals surface area contributed by atoms with Gasteiger partial charge in [0.2, 0.25) is 5.91 Å². The fourth-order valence-corrected chi connectivity index (χ4v) is 3.97. The molecule has 0 radical (unpaired) electrons. The van der Waals surface area contributed by atoms with Crippen LogP contribution in [-0.4, -0.2) is 37.0 Å². The molecule has 0 aromatic heterocycles. The van der Waals surface area contributed by atoms with Crippen LogP contribution in [0.1, 0.15) is 23.1 Å². The molecule has 0 spiro atoms. The maximum Gasteiger partial charge on any atom is 0.324 e. The van der Waals surface area contributed by atoms with Crippen molar-refractivity contribution in [3.8, 4) is 11.8 Å². The number of benzene rings is 3. The Labute approximate surface area is 199 Å². The van der Waals surface area contributed by atoms with Crippen LogP contribution in [0.25, 0.3) is 0 Å². The molecular weight excluding hydrogens is 428 g/mol. The first-order valence-corrected chi connectivity index (χ1v) is 11.1. The van der Waals surface area contributed by atoms with E-state index in [1.807, 2.05) is 65.6 Å². The largest absolute Gasteiger partial charge is 0.497 e. The summed E-state index contributed by atoms with van der Waals surface area (Å²) < 4.78 is 5.21. The van der Waals surface area contributed by atoms with Crippen LogP contribution in [0.2, 0.25) is 0 Å². The Morgan fingerprint density at radius 2 is 1.79 bits per heavy atom. The number of anilines is 2. The molecule has 7 nitrogen and oxygen atoms in total. The van der Waals surface area contributed by atoms with E-state index in [2.05, 4.69) is 11.4 Å². The van der Waals surface area contributed by atoms with Crippen molar-refractivity contribution in [3.63, 3.8) is 0 Å². The standard InChI is InChI=1S/C27H26N4O3/c1-34-25-5-2-4-22(16-25)17-26(32)29-23-10-12-24(13-11-23)31-15-3-14-30(27(31)33)19-21-8-6-20(18-28)7-9-21/h2,4-13,16H,3,14-15,17,19H2,1H3,(H,29,32). The lowest BCUT2D eigenvalue weighted by molar-refractivity contribution is -0.115. The van der Waals surface area contributed by atoms with Crippen LogP contribution in [0.5, 0.6) is 5.75 Å². The van der Waals surface area contributed by atoms with Crippen molar-refractivity contribution in [1.29, 1.82) is 5.26 Å². The third-order valence-corrected chi connectivity index (χ3v) is 5.73. The SMILES string of the molecule is COc1cccc(CC(=O)Nc2ccc(N3CCCN(Cc4ccc(C#N)cc4)C3=O)cc2)c1. The highest BCUT2D eigenvalue weighted by atomic mass is 16.5. The molecular formula is C27H26N4O3. The van der Waals surface area contributed by atoms with Crippen LogP contribution >= 0.6 is 0 Å². The number of nitrogens with one attached hydrogen (secondary N) is 1. The fourth-order valence-electron chi connectivity index (χ4n) is 3.97. The minimum atomic E-state index is -0.122. The Morgan fingerprint density at radius 1 is 1.03 bits per heavy atom. The smallest absolute Gasteiger partial charge is 0.324 e. The van der Waals surface area contributed by atoms with Crippen LogP contribution in [-0.2, 0) is 17.8 Å². The quantitative estimate of drug-likeness (QED) is 0.566. The van der Waals surface area contributed by atoms with Gasteiger partial charge in [0.15, 0.2) is 0 Å². The highest BCUT2D eigenvalue weighted by Gasteiger charge is 2.26. The number of methoxy groups -OCH3 is 1. The Bertz CT molecular complexity index is 1200. The zero-order chi connectivity index (χ0) is 23.9. The number of nitrogens with zero attached hydrogens (tertiary/aromatic N) is 3. The molecule has 0 bridgehead atoms. The zero-order valence-corrected chi connectivity index (χ0v) is 19.0. The van der Waals surface area contributed by atoms with Crippen molar-refractivity contribution < 1.29 is 14.3 Å². The highest BCUT2D eigenvalue weighted by molar-refractivity contribution is 5.94. The molecule has 7 heteroatoms. The third-order valence-electron chi connectivity index (χ3n) is 5.73. The Balaban J connectivity index is 1.36. The summed E-state index contributed by atoms with van der Waals surface area (Å²) in [5, 5.41) is 11.9. The van der Waals surface area contributed by atoms with Gasteiger partial charge in [-0.1, -0.05) is 24.3 Å². The maximum atomic E-state index is 13.1. The number of carbonyl (C=O) groups is 2. The summed E-state index contributed by atoms with van der Waals surface area (Å²) in [4.78, 5) is 29.1. The van der Waals surface area contributed by atoms with Crippen LogP contribution in [0.15, 0.2) is 72.8 Å². The van der Waals surface area contributed by atoms with Gasteiger partial charge in [0, 0.05) is 31.0 Å². The molecule has 1 aliphatic heterocycles. The average Bonchev–Trinajstić information content (AvgIpc) is 2.86. The van der Waals surface area contributed by atoms with Crippen molar-refractivity contribution >= 4 is 23.3 Å². The molecule has 1 aliphatic rings. The monoisotopic (exact) mass is 454 g/mol. The summed E-state index contributed by atoms with van der Waals surface area (Å²) >= 11 is 0. The first kappa shape index (κ1) is 22.9. The molecule has 3 amide bonds. The Hall–Kier alpha value is -4.31. The summed E-state index contributed by atoms with van der Waals surface area (Å²) in [7, 11) is 1.60. The normalized spacial score (nSPS) is 13.4. The number of carbonyl (C=O) groups excluding carboxylic acids is 2. The predicted molar refractivity (Wildman–Crippen MR) is 131 cm³/mol. The molecule has 0 unspecified atom stereocenters. The van der Waals surface area contributed by atoms with E-state index in [1.54, 1.807) is 24.1 Å². The molecule has 172 valence electrons. The molecule has 3 aromatic rings. The lowest BCUT2D eigenvalue weighted by Gasteiger charge is -2.35. The molecule has 1 N–H and O–H groups in total. The molecule has 0 aliphatic carbocycles. The van der Waals surface area contributed by atoms with Gasteiger partial charge in [0.05, 0.1) is 25.2 Å². The zero-order valence-electron chi connectivity index (χ0n) is 19.0. The number of hydrogen-bond acceptors (Lipinski definition) is 4. The maximum absolute atomic E-state index is 13.1.